The van der Waals surface area contributed by atoms with Gasteiger partial charge in [-0.15, -0.1) is 0 Å². The van der Waals surface area contributed by atoms with Crippen LogP contribution >= 0.6 is 0 Å². The van der Waals surface area contributed by atoms with Crippen LogP contribution in [0.2, 0.25) is 0 Å². The summed E-state index contributed by atoms with van der Waals surface area (Å²) in [6.07, 6.45) is -3.93. The molecule has 0 atom stereocenters. The zero-order valence-electron chi connectivity index (χ0n) is 10.9. The summed E-state index contributed by atoms with van der Waals surface area (Å²) in [6, 6.07) is 4.49. The number of halogens is 3. The molecule has 0 bridgehead atoms. The Kier molecular flexibility index (Phi) is 4.80. The van der Waals surface area contributed by atoms with Crippen molar-refractivity contribution < 1.29 is 18.0 Å². The molecule has 0 aliphatic heterocycles. The second kappa shape index (κ2) is 5.95. The number of nitrogens with zero attached hydrogens (tertiary/aromatic N) is 1. The molecular formula is C13H17F3N2O. The molecule has 6 heteroatoms. The van der Waals surface area contributed by atoms with Crippen LogP contribution in [0.4, 0.5) is 18.9 Å². The van der Waals surface area contributed by atoms with E-state index in [0.717, 1.165) is 4.90 Å². The molecule has 0 heterocycles. The number of carbonyl (C=O) groups is 1. The monoisotopic (exact) mass is 274 g/mol. The number of nitrogens with two attached hydrogens (primary N) is 1. The highest BCUT2D eigenvalue weighted by Gasteiger charge is 2.33. The van der Waals surface area contributed by atoms with Crippen molar-refractivity contribution in [1.82, 2.24) is 4.90 Å². The Labute approximate surface area is 110 Å². The van der Waals surface area contributed by atoms with Gasteiger partial charge < -0.3 is 10.6 Å². The van der Waals surface area contributed by atoms with Gasteiger partial charge in [-0.3, -0.25) is 4.79 Å². The maximum atomic E-state index is 12.4. The zero-order chi connectivity index (χ0) is 14.6. The standard InChI is InChI=1S/C13H17F3N2O/c1-3-6-18(8-13(14,15)16)12(19)10-4-5-11(17)9(2)7-10/h4-5,7H,3,6,8,17H2,1-2H3. The molecule has 0 aromatic heterocycles. The molecule has 106 valence electrons. The summed E-state index contributed by atoms with van der Waals surface area (Å²) in [5.41, 5.74) is 7.03. The van der Waals surface area contributed by atoms with Crippen molar-refractivity contribution in [3.63, 3.8) is 0 Å². The molecule has 0 saturated heterocycles. The lowest BCUT2D eigenvalue weighted by Crippen LogP contribution is -2.39. The molecular weight excluding hydrogens is 257 g/mol. The third kappa shape index (κ3) is 4.46. The first-order valence-electron chi connectivity index (χ1n) is 5.96. The Hall–Kier alpha value is -1.72. The topological polar surface area (TPSA) is 46.3 Å². The third-order valence-corrected chi connectivity index (χ3v) is 2.67. The van der Waals surface area contributed by atoms with Crippen molar-refractivity contribution in [3.8, 4) is 0 Å². The number of amides is 1. The summed E-state index contributed by atoms with van der Waals surface area (Å²) in [7, 11) is 0. The van der Waals surface area contributed by atoms with E-state index >= 15 is 0 Å². The summed E-state index contributed by atoms with van der Waals surface area (Å²) in [5.74, 6) is -0.623. The van der Waals surface area contributed by atoms with Crippen molar-refractivity contribution in [3.05, 3.63) is 29.3 Å². The number of aryl methyl sites for hydroxylation is 1. The number of nitrogen functional groups attached to an aromatic ring is 1. The molecule has 0 aliphatic rings. The predicted octanol–water partition coefficient (Wildman–Crippen LogP) is 2.99. The van der Waals surface area contributed by atoms with Gasteiger partial charge in [0.05, 0.1) is 0 Å². The van der Waals surface area contributed by atoms with Crippen LogP contribution in [-0.4, -0.2) is 30.1 Å². The molecule has 0 unspecified atom stereocenters. The molecule has 3 nitrogen and oxygen atoms in total. The van der Waals surface area contributed by atoms with Crippen LogP contribution < -0.4 is 5.73 Å². The second-order valence-electron chi connectivity index (χ2n) is 4.41. The van der Waals surface area contributed by atoms with Crippen LogP contribution in [0, 0.1) is 6.92 Å². The number of rotatable bonds is 4. The average Bonchev–Trinajstić information content (AvgIpc) is 2.29. The van der Waals surface area contributed by atoms with Crippen LogP contribution in [0.15, 0.2) is 18.2 Å². The molecule has 0 radical (unpaired) electrons. The first-order chi connectivity index (χ1) is 8.74. The third-order valence-electron chi connectivity index (χ3n) is 2.67. The maximum Gasteiger partial charge on any atom is 0.406 e. The van der Waals surface area contributed by atoms with E-state index in [1.807, 2.05) is 0 Å². The molecule has 0 aliphatic carbocycles. The number of benzene rings is 1. The molecule has 19 heavy (non-hydrogen) atoms. The Morgan fingerprint density at radius 1 is 1.37 bits per heavy atom. The number of carbonyl (C=O) groups excluding carboxylic acids is 1. The minimum atomic E-state index is -4.40. The molecule has 0 fully saturated rings. The number of hydrogen-bond donors (Lipinski definition) is 1. The Balaban J connectivity index is 2.95. The van der Waals surface area contributed by atoms with Gasteiger partial charge in [0, 0.05) is 17.8 Å². The van der Waals surface area contributed by atoms with Crippen molar-refractivity contribution in [1.29, 1.82) is 0 Å². The van der Waals surface area contributed by atoms with Crippen molar-refractivity contribution in [2.45, 2.75) is 26.4 Å². The minimum Gasteiger partial charge on any atom is -0.399 e. The highest BCUT2D eigenvalue weighted by molar-refractivity contribution is 5.94. The van der Waals surface area contributed by atoms with Gasteiger partial charge in [0.25, 0.3) is 5.91 Å². The second-order valence-corrected chi connectivity index (χ2v) is 4.41. The highest BCUT2D eigenvalue weighted by Crippen LogP contribution is 2.20. The summed E-state index contributed by atoms with van der Waals surface area (Å²) in [5, 5.41) is 0. The van der Waals surface area contributed by atoms with Gasteiger partial charge in [-0.25, -0.2) is 0 Å². The molecule has 0 saturated carbocycles. The van der Waals surface area contributed by atoms with Crippen LogP contribution in [0.3, 0.4) is 0 Å². The quantitative estimate of drug-likeness (QED) is 0.858. The van der Waals surface area contributed by atoms with Gasteiger partial charge >= 0.3 is 6.18 Å². The fourth-order valence-electron chi connectivity index (χ4n) is 1.73. The lowest BCUT2D eigenvalue weighted by Gasteiger charge is -2.23. The van der Waals surface area contributed by atoms with Crippen molar-refractivity contribution in [2.75, 3.05) is 18.8 Å². The van der Waals surface area contributed by atoms with E-state index in [1.165, 1.54) is 18.2 Å². The Bertz CT molecular complexity index is 458. The first-order valence-corrected chi connectivity index (χ1v) is 5.96. The molecule has 1 aromatic rings. The summed E-state index contributed by atoms with van der Waals surface area (Å²) in [6.45, 7) is 2.27. The van der Waals surface area contributed by atoms with E-state index in [9.17, 15) is 18.0 Å². The van der Waals surface area contributed by atoms with E-state index in [1.54, 1.807) is 13.8 Å². The minimum absolute atomic E-state index is 0.0712. The summed E-state index contributed by atoms with van der Waals surface area (Å²) < 4.78 is 37.3. The fraction of sp³-hybridized carbons (Fsp3) is 0.462. The van der Waals surface area contributed by atoms with Gasteiger partial charge in [0.2, 0.25) is 0 Å². The van der Waals surface area contributed by atoms with Crippen LogP contribution in [0.5, 0.6) is 0 Å². The SMILES string of the molecule is CCCN(CC(F)(F)F)C(=O)c1ccc(N)c(C)c1. The van der Waals surface area contributed by atoms with Crippen molar-refractivity contribution in [2.24, 2.45) is 0 Å². The van der Waals surface area contributed by atoms with E-state index in [4.69, 9.17) is 5.73 Å². The normalized spacial score (nSPS) is 11.4. The van der Waals surface area contributed by atoms with Gasteiger partial charge in [0.15, 0.2) is 0 Å². The largest absolute Gasteiger partial charge is 0.406 e. The molecule has 1 aromatic carbocycles. The van der Waals surface area contributed by atoms with Crippen molar-refractivity contribution >= 4 is 11.6 Å². The molecule has 2 N–H and O–H groups in total. The van der Waals surface area contributed by atoms with Gasteiger partial charge in [-0.1, -0.05) is 6.92 Å². The lowest BCUT2D eigenvalue weighted by atomic mass is 10.1. The molecule has 1 amide bonds. The van der Waals surface area contributed by atoms with E-state index < -0.39 is 18.6 Å². The van der Waals surface area contributed by atoms with E-state index in [0.29, 0.717) is 17.7 Å². The Morgan fingerprint density at radius 3 is 2.47 bits per heavy atom. The highest BCUT2D eigenvalue weighted by atomic mass is 19.4. The zero-order valence-corrected chi connectivity index (χ0v) is 10.9. The summed E-state index contributed by atoms with van der Waals surface area (Å²) >= 11 is 0. The fourth-order valence-corrected chi connectivity index (χ4v) is 1.73. The Morgan fingerprint density at radius 2 is 2.00 bits per heavy atom. The van der Waals surface area contributed by atoms with Gasteiger partial charge in [0.1, 0.15) is 6.54 Å². The van der Waals surface area contributed by atoms with Crippen LogP contribution in [-0.2, 0) is 0 Å². The summed E-state index contributed by atoms with van der Waals surface area (Å²) in [4.78, 5) is 12.9. The first kappa shape index (κ1) is 15.3. The molecule has 1 rings (SSSR count). The number of hydrogen-bond acceptors (Lipinski definition) is 2. The number of alkyl halides is 3. The molecule has 0 spiro atoms. The van der Waals surface area contributed by atoms with Crippen LogP contribution in [0.25, 0.3) is 0 Å². The smallest absolute Gasteiger partial charge is 0.399 e. The van der Waals surface area contributed by atoms with E-state index in [2.05, 4.69) is 0 Å². The average molecular weight is 274 g/mol. The van der Waals surface area contributed by atoms with E-state index in [-0.39, 0.29) is 12.1 Å². The van der Waals surface area contributed by atoms with Crippen LogP contribution in [0.1, 0.15) is 29.3 Å². The maximum absolute atomic E-state index is 12.4. The predicted molar refractivity (Wildman–Crippen MR) is 67.8 cm³/mol. The number of anilines is 1. The van der Waals surface area contributed by atoms with Gasteiger partial charge in [-0.05, 0) is 37.1 Å². The van der Waals surface area contributed by atoms with Gasteiger partial charge in [-0.2, -0.15) is 13.2 Å². The lowest BCUT2D eigenvalue weighted by molar-refractivity contribution is -0.140.